The van der Waals surface area contributed by atoms with Crippen LogP contribution in [0.1, 0.15) is 96.8 Å². The molecule has 0 aliphatic rings. The molecule has 0 aliphatic heterocycles. The summed E-state index contributed by atoms with van der Waals surface area (Å²) in [6.07, 6.45) is 23.7. The van der Waals surface area contributed by atoms with E-state index >= 15 is 0 Å². The molecule has 1 radical (unpaired) electrons. The number of hydrogen-bond donors (Lipinski definition) is 0. The van der Waals surface area contributed by atoms with Crippen LogP contribution >= 0.6 is 0 Å². The van der Waals surface area contributed by atoms with Gasteiger partial charge in [-0.1, -0.05) is 76.9 Å². The molecule has 1 nitrogen and oxygen atoms in total. The summed E-state index contributed by atoms with van der Waals surface area (Å²) in [5.74, 6) is 0. The standard InChI is InChI=1S/C19H37O/c1-3-4-5-6-7-8-9-10-11-12-13-14-15-16-17-18-19-20-2/h10-11H,2-9,12-19H2,1H3/b11-10+. The average Bonchev–Trinajstić information content (AvgIpc) is 2.47. The van der Waals surface area contributed by atoms with Gasteiger partial charge in [0.1, 0.15) is 0 Å². The number of rotatable bonds is 16. The molecule has 0 unspecified atom stereocenters. The van der Waals surface area contributed by atoms with Gasteiger partial charge in [0.05, 0.1) is 7.11 Å². The number of ether oxygens (including phenoxy) is 1. The summed E-state index contributed by atoms with van der Waals surface area (Å²) >= 11 is 0. The monoisotopic (exact) mass is 281 g/mol. The first-order valence-electron chi connectivity index (χ1n) is 8.93. The third kappa shape index (κ3) is 17.7. The summed E-state index contributed by atoms with van der Waals surface area (Å²) in [6, 6.07) is 0. The van der Waals surface area contributed by atoms with Crippen molar-refractivity contribution >= 4 is 0 Å². The molecule has 0 aromatic heterocycles. The molecule has 1 heteroatoms. The molecule has 0 aromatic rings. The highest BCUT2D eigenvalue weighted by atomic mass is 16.5. The highest BCUT2D eigenvalue weighted by Crippen LogP contribution is 2.09. The zero-order chi connectivity index (χ0) is 14.7. The molecule has 0 rings (SSSR count). The topological polar surface area (TPSA) is 9.23 Å². The van der Waals surface area contributed by atoms with Gasteiger partial charge in [0.25, 0.3) is 0 Å². The van der Waals surface area contributed by atoms with Crippen LogP contribution in [0.15, 0.2) is 12.2 Å². The van der Waals surface area contributed by atoms with Gasteiger partial charge < -0.3 is 4.74 Å². The van der Waals surface area contributed by atoms with Crippen LogP contribution in [0, 0.1) is 7.11 Å². The molecule has 0 amide bonds. The molecule has 0 heterocycles. The van der Waals surface area contributed by atoms with Gasteiger partial charge in [-0.2, -0.15) is 0 Å². The molecular weight excluding hydrogens is 244 g/mol. The van der Waals surface area contributed by atoms with Crippen molar-refractivity contribution in [3.05, 3.63) is 19.3 Å². The molecule has 0 spiro atoms. The summed E-state index contributed by atoms with van der Waals surface area (Å²) < 4.78 is 4.80. The van der Waals surface area contributed by atoms with Gasteiger partial charge in [-0.25, -0.2) is 0 Å². The molecule has 0 saturated carbocycles. The largest absolute Gasteiger partial charge is 0.379 e. The normalized spacial score (nSPS) is 11.5. The molecule has 20 heavy (non-hydrogen) atoms. The van der Waals surface area contributed by atoms with E-state index in [2.05, 4.69) is 26.2 Å². The smallest absolute Gasteiger partial charge is 0.0700 e. The quantitative estimate of drug-likeness (QED) is 0.222. The van der Waals surface area contributed by atoms with E-state index in [9.17, 15) is 0 Å². The highest BCUT2D eigenvalue weighted by molar-refractivity contribution is 4.81. The summed E-state index contributed by atoms with van der Waals surface area (Å²) in [4.78, 5) is 0. The lowest BCUT2D eigenvalue weighted by Crippen LogP contribution is -1.86. The molecule has 0 saturated heterocycles. The SMILES string of the molecule is [CH2]OCCCCCCCC/C=C/CCCCCCCC. The summed E-state index contributed by atoms with van der Waals surface area (Å²) in [7, 11) is 3.39. The summed E-state index contributed by atoms with van der Waals surface area (Å²) in [5.41, 5.74) is 0. The van der Waals surface area contributed by atoms with Crippen molar-refractivity contribution in [2.45, 2.75) is 96.8 Å². The van der Waals surface area contributed by atoms with E-state index in [-0.39, 0.29) is 0 Å². The van der Waals surface area contributed by atoms with Gasteiger partial charge >= 0.3 is 0 Å². The summed E-state index contributed by atoms with van der Waals surface area (Å²) in [5, 5.41) is 0. The fraction of sp³-hybridized carbons (Fsp3) is 0.842. The average molecular weight is 282 g/mol. The first-order chi connectivity index (χ1) is 9.91. The maximum absolute atomic E-state index is 4.80. The Kier molecular flexibility index (Phi) is 18.4. The maximum Gasteiger partial charge on any atom is 0.0700 e. The van der Waals surface area contributed by atoms with Gasteiger partial charge in [0, 0.05) is 6.61 Å². The Balaban J connectivity index is 3.01. The Morgan fingerprint density at radius 1 is 0.650 bits per heavy atom. The van der Waals surface area contributed by atoms with Gasteiger partial charge in [0.15, 0.2) is 0 Å². The van der Waals surface area contributed by atoms with Crippen molar-refractivity contribution in [3.63, 3.8) is 0 Å². The van der Waals surface area contributed by atoms with Crippen molar-refractivity contribution in [3.8, 4) is 0 Å². The Morgan fingerprint density at radius 2 is 1.10 bits per heavy atom. The van der Waals surface area contributed by atoms with E-state index < -0.39 is 0 Å². The van der Waals surface area contributed by atoms with E-state index in [1.54, 1.807) is 0 Å². The van der Waals surface area contributed by atoms with Crippen LogP contribution in [-0.4, -0.2) is 6.61 Å². The minimum Gasteiger partial charge on any atom is -0.379 e. The fourth-order valence-corrected chi connectivity index (χ4v) is 2.45. The predicted octanol–water partition coefficient (Wildman–Crippen LogP) is 6.83. The minimum absolute atomic E-state index is 0.821. The maximum atomic E-state index is 4.80. The van der Waals surface area contributed by atoms with E-state index in [4.69, 9.17) is 4.74 Å². The molecule has 0 atom stereocenters. The van der Waals surface area contributed by atoms with Crippen LogP contribution in [0.2, 0.25) is 0 Å². The second-order valence-electron chi connectivity index (χ2n) is 5.85. The van der Waals surface area contributed by atoms with Crippen LogP contribution in [0.3, 0.4) is 0 Å². The Hall–Kier alpha value is -0.300. The molecule has 0 aliphatic carbocycles. The second-order valence-corrected chi connectivity index (χ2v) is 5.85. The molecule has 0 fully saturated rings. The van der Waals surface area contributed by atoms with E-state index in [1.165, 1.54) is 89.9 Å². The predicted molar refractivity (Wildman–Crippen MR) is 90.8 cm³/mol. The Bertz CT molecular complexity index is 186. The highest BCUT2D eigenvalue weighted by Gasteiger charge is 1.91. The molecule has 0 aromatic carbocycles. The van der Waals surface area contributed by atoms with E-state index in [0.29, 0.717) is 0 Å². The van der Waals surface area contributed by atoms with Crippen molar-refractivity contribution in [1.29, 1.82) is 0 Å². The third-order valence-corrected chi connectivity index (χ3v) is 3.80. The Labute approximate surface area is 128 Å². The zero-order valence-electron chi connectivity index (χ0n) is 13.9. The second kappa shape index (κ2) is 18.7. The van der Waals surface area contributed by atoms with Crippen molar-refractivity contribution in [2.75, 3.05) is 6.61 Å². The molecular formula is C19H37O. The minimum atomic E-state index is 0.821. The van der Waals surface area contributed by atoms with Crippen molar-refractivity contribution < 1.29 is 4.74 Å². The van der Waals surface area contributed by atoms with Gasteiger partial charge in [-0.05, 0) is 32.1 Å². The fourth-order valence-electron chi connectivity index (χ4n) is 2.45. The Morgan fingerprint density at radius 3 is 1.60 bits per heavy atom. The third-order valence-electron chi connectivity index (χ3n) is 3.80. The lowest BCUT2D eigenvalue weighted by Gasteiger charge is -2.00. The van der Waals surface area contributed by atoms with E-state index in [1.807, 2.05) is 0 Å². The van der Waals surface area contributed by atoms with Crippen LogP contribution in [-0.2, 0) is 4.74 Å². The van der Waals surface area contributed by atoms with E-state index in [0.717, 1.165) is 6.61 Å². The molecule has 119 valence electrons. The van der Waals surface area contributed by atoms with Gasteiger partial charge in [-0.3, -0.25) is 0 Å². The molecule has 0 bridgehead atoms. The number of unbranched alkanes of at least 4 members (excludes halogenated alkanes) is 12. The number of allylic oxidation sites excluding steroid dienone is 2. The van der Waals surface area contributed by atoms with Crippen LogP contribution in [0.25, 0.3) is 0 Å². The first-order valence-corrected chi connectivity index (χ1v) is 8.93. The van der Waals surface area contributed by atoms with Crippen LogP contribution < -0.4 is 0 Å². The summed E-state index contributed by atoms with van der Waals surface area (Å²) in [6.45, 7) is 3.10. The zero-order valence-corrected chi connectivity index (χ0v) is 13.9. The molecule has 0 N–H and O–H groups in total. The lowest BCUT2D eigenvalue weighted by atomic mass is 10.1. The van der Waals surface area contributed by atoms with Crippen LogP contribution in [0.4, 0.5) is 0 Å². The van der Waals surface area contributed by atoms with Crippen molar-refractivity contribution in [2.24, 2.45) is 0 Å². The first kappa shape index (κ1) is 19.7. The lowest BCUT2D eigenvalue weighted by molar-refractivity contribution is 0.233. The van der Waals surface area contributed by atoms with Gasteiger partial charge in [0.2, 0.25) is 0 Å². The van der Waals surface area contributed by atoms with Crippen LogP contribution in [0.5, 0.6) is 0 Å². The number of hydrogen-bond acceptors (Lipinski definition) is 1. The van der Waals surface area contributed by atoms with Gasteiger partial charge in [-0.15, -0.1) is 0 Å². The van der Waals surface area contributed by atoms with Crippen molar-refractivity contribution in [1.82, 2.24) is 0 Å².